The highest BCUT2D eigenvalue weighted by atomic mass is 79.9. The van der Waals surface area contributed by atoms with E-state index in [0.717, 1.165) is 20.3 Å². The van der Waals surface area contributed by atoms with Crippen molar-refractivity contribution in [2.24, 2.45) is 0 Å². The number of hydrogen-bond donors (Lipinski definition) is 0. The maximum Gasteiger partial charge on any atom is 0.0965 e. The molecular weight excluding hydrogens is 414 g/mol. The Morgan fingerprint density at radius 3 is 2.29 bits per heavy atom. The highest BCUT2D eigenvalue weighted by molar-refractivity contribution is 9.11. The predicted molar refractivity (Wildman–Crippen MR) is 78.8 cm³/mol. The summed E-state index contributed by atoms with van der Waals surface area (Å²) in [7, 11) is 0. The van der Waals surface area contributed by atoms with Gasteiger partial charge in [0.05, 0.1) is 22.4 Å². The summed E-state index contributed by atoms with van der Waals surface area (Å²) in [5, 5.41) is 8.26. The number of aryl methyl sites for hydroxylation is 1. The zero-order chi connectivity index (χ0) is 12.6. The third-order valence-corrected chi connectivity index (χ3v) is 3.99. The number of benzene rings is 1. The molecule has 0 fully saturated rings. The molecule has 0 amide bonds. The van der Waals surface area contributed by atoms with Crippen LogP contribution < -0.4 is 0 Å². The Kier molecular flexibility index (Phi) is 4.05. The molecule has 1 heterocycles. The number of alkyl halides is 1. The van der Waals surface area contributed by atoms with E-state index in [1.807, 2.05) is 20.0 Å². The molecule has 1 unspecified atom stereocenters. The van der Waals surface area contributed by atoms with Crippen molar-refractivity contribution in [1.29, 1.82) is 0 Å². The molecule has 6 heteroatoms. The van der Waals surface area contributed by atoms with E-state index in [-0.39, 0.29) is 4.83 Å². The summed E-state index contributed by atoms with van der Waals surface area (Å²) >= 11 is 10.6. The Labute approximate surface area is 125 Å². The lowest BCUT2D eigenvalue weighted by molar-refractivity contribution is 0.792. The topological polar surface area (TPSA) is 30.7 Å². The van der Waals surface area contributed by atoms with Gasteiger partial charge in [-0.05, 0) is 63.4 Å². The van der Waals surface area contributed by atoms with Crippen LogP contribution >= 0.6 is 47.8 Å². The van der Waals surface area contributed by atoms with Crippen molar-refractivity contribution in [1.82, 2.24) is 15.0 Å². The summed E-state index contributed by atoms with van der Waals surface area (Å²) in [6.45, 7) is 4.07. The van der Waals surface area contributed by atoms with E-state index < -0.39 is 0 Å². The molecule has 90 valence electrons. The Hall–Kier alpha value is -0.200. The van der Waals surface area contributed by atoms with E-state index in [4.69, 9.17) is 0 Å². The average Bonchev–Trinajstić information content (AvgIpc) is 2.65. The van der Waals surface area contributed by atoms with Crippen LogP contribution in [0.15, 0.2) is 27.3 Å². The van der Waals surface area contributed by atoms with Gasteiger partial charge in [0.1, 0.15) is 0 Å². The quantitative estimate of drug-likeness (QED) is 0.663. The van der Waals surface area contributed by atoms with E-state index in [1.165, 1.54) is 5.56 Å². The number of halogens is 3. The van der Waals surface area contributed by atoms with Gasteiger partial charge in [-0.2, -0.15) is 0 Å². The third-order valence-electron chi connectivity index (χ3n) is 2.31. The van der Waals surface area contributed by atoms with Crippen LogP contribution in [0.3, 0.4) is 0 Å². The van der Waals surface area contributed by atoms with E-state index in [0.29, 0.717) is 0 Å². The van der Waals surface area contributed by atoms with E-state index in [9.17, 15) is 0 Å². The summed E-state index contributed by atoms with van der Waals surface area (Å²) in [5.41, 5.74) is 3.05. The second-order valence-electron chi connectivity index (χ2n) is 3.78. The van der Waals surface area contributed by atoms with Gasteiger partial charge in [-0.15, -0.1) is 5.10 Å². The minimum absolute atomic E-state index is 0.194. The summed E-state index contributed by atoms with van der Waals surface area (Å²) < 4.78 is 3.74. The minimum atomic E-state index is 0.194. The molecule has 2 aromatic rings. The van der Waals surface area contributed by atoms with Gasteiger partial charge in [0, 0.05) is 8.95 Å². The van der Waals surface area contributed by atoms with Crippen LogP contribution in [-0.2, 0) is 0 Å². The highest BCUT2D eigenvalue weighted by Crippen LogP contribution is 2.31. The predicted octanol–water partition coefficient (Wildman–Crippen LogP) is 4.56. The van der Waals surface area contributed by atoms with Crippen molar-refractivity contribution in [3.05, 3.63) is 38.5 Å². The van der Waals surface area contributed by atoms with Crippen LogP contribution in [0, 0.1) is 6.92 Å². The SMILES string of the molecule is Cc1cc(Br)c(-n2cc(C(C)Br)nn2)c(Br)c1. The molecule has 0 radical (unpaired) electrons. The first-order valence-corrected chi connectivity index (χ1v) is 7.51. The van der Waals surface area contributed by atoms with Crippen LogP contribution in [0.2, 0.25) is 0 Å². The van der Waals surface area contributed by atoms with Gasteiger partial charge < -0.3 is 0 Å². The average molecular weight is 424 g/mol. The fourth-order valence-corrected chi connectivity index (χ4v) is 3.47. The van der Waals surface area contributed by atoms with Gasteiger partial charge in [-0.3, -0.25) is 0 Å². The van der Waals surface area contributed by atoms with Crippen LogP contribution in [0.4, 0.5) is 0 Å². The van der Waals surface area contributed by atoms with Gasteiger partial charge >= 0.3 is 0 Å². The zero-order valence-corrected chi connectivity index (χ0v) is 14.0. The van der Waals surface area contributed by atoms with Gasteiger partial charge in [0.2, 0.25) is 0 Å². The molecule has 2 rings (SSSR count). The molecule has 1 atom stereocenters. The molecular formula is C11H10Br3N3. The third kappa shape index (κ3) is 2.80. The molecule has 0 N–H and O–H groups in total. The molecule has 0 bridgehead atoms. The van der Waals surface area contributed by atoms with Gasteiger partial charge in [-0.25, -0.2) is 4.68 Å². The number of rotatable bonds is 2. The smallest absolute Gasteiger partial charge is 0.0965 e. The summed E-state index contributed by atoms with van der Waals surface area (Å²) in [4.78, 5) is 0.194. The van der Waals surface area contributed by atoms with Crippen molar-refractivity contribution in [3.63, 3.8) is 0 Å². The molecule has 1 aromatic heterocycles. The second kappa shape index (κ2) is 5.20. The number of nitrogens with zero attached hydrogens (tertiary/aromatic N) is 3. The van der Waals surface area contributed by atoms with Crippen molar-refractivity contribution >= 4 is 47.8 Å². The van der Waals surface area contributed by atoms with Crippen LogP contribution in [0.5, 0.6) is 0 Å². The molecule has 1 aromatic carbocycles. The molecule has 3 nitrogen and oxygen atoms in total. The minimum Gasteiger partial charge on any atom is -0.218 e. The fourth-order valence-electron chi connectivity index (χ4n) is 1.48. The molecule has 17 heavy (non-hydrogen) atoms. The first-order valence-electron chi connectivity index (χ1n) is 5.01. The Morgan fingerprint density at radius 2 is 1.82 bits per heavy atom. The van der Waals surface area contributed by atoms with Gasteiger partial charge in [0.25, 0.3) is 0 Å². The second-order valence-corrected chi connectivity index (χ2v) is 6.86. The highest BCUT2D eigenvalue weighted by Gasteiger charge is 2.12. The normalized spacial score (nSPS) is 12.8. The van der Waals surface area contributed by atoms with Crippen molar-refractivity contribution < 1.29 is 0 Å². The van der Waals surface area contributed by atoms with Crippen LogP contribution in [0.25, 0.3) is 5.69 Å². The number of hydrogen-bond acceptors (Lipinski definition) is 2. The molecule has 0 saturated heterocycles. The van der Waals surface area contributed by atoms with Crippen LogP contribution in [-0.4, -0.2) is 15.0 Å². The lowest BCUT2D eigenvalue weighted by atomic mass is 10.2. The Bertz CT molecular complexity index is 526. The van der Waals surface area contributed by atoms with Crippen molar-refractivity contribution in [2.75, 3.05) is 0 Å². The van der Waals surface area contributed by atoms with Gasteiger partial charge in [-0.1, -0.05) is 21.1 Å². The first-order chi connectivity index (χ1) is 7.99. The number of aromatic nitrogens is 3. The van der Waals surface area contributed by atoms with Crippen molar-refractivity contribution in [3.8, 4) is 5.69 Å². The monoisotopic (exact) mass is 421 g/mol. The van der Waals surface area contributed by atoms with Crippen molar-refractivity contribution in [2.45, 2.75) is 18.7 Å². The summed E-state index contributed by atoms with van der Waals surface area (Å²) in [6, 6.07) is 4.11. The lowest BCUT2D eigenvalue weighted by Crippen LogP contribution is -1.98. The summed E-state index contributed by atoms with van der Waals surface area (Å²) in [6.07, 6.45) is 1.92. The van der Waals surface area contributed by atoms with E-state index in [2.05, 4.69) is 70.2 Å². The maximum absolute atomic E-state index is 4.14. The Morgan fingerprint density at radius 1 is 1.24 bits per heavy atom. The molecule has 0 aliphatic heterocycles. The van der Waals surface area contributed by atoms with Crippen LogP contribution in [0.1, 0.15) is 23.0 Å². The van der Waals surface area contributed by atoms with E-state index >= 15 is 0 Å². The maximum atomic E-state index is 4.14. The molecule has 0 spiro atoms. The zero-order valence-electron chi connectivity index (χ0n) is 9.28. The summed E-state index contributed by atoms with van der Waals surface area (Å²) in [5.74, 6) is 0. The van der Waals surface area contributed by atoms with Gasteiger partial charge in [0.15, 0.2) is 0 Å². The first kappa shape index (κ1) is 13.2. The molecule has 0 saturated carbocycles. The van der Waals surface area contributed by atoms with E-state index in [1.54, 1.807) is 4.68 Å². The fraction of sp³-hybridized carbons (Fsp3) is 0.273. The molecule has 0 aliphatic rings. The Balaban J connectivity index is 2.52. The largest absolute Gasteiger partial charge is 0.218 e. The molecule has 0 aliphatic carbocycles. The lowest BCUT2D eigenvalue weighted by Gasteiger charge is -2.07. The standard InChI is InChI=1S/C11H10Br3N3/c1-6-3-8(13)11(9(14)4-6)17-5-10(7(2)12)15-16-17/h3-5,7H,1-2H3.